The lowest BCUT2D eigenvalue weighted by Crippen LogP contribution is -2.38. The number of carbonyl (C=O) groups excluding carboxylic acids is 2. The molecule has 1 N–H and O–H groups in total. The fourth-order valence-electron chi connectivity index (χ4n) is 3.84. The van der Waals surface area contributed by atoms with Gasteiger partial charge in [0.2, 0.25) is 5.91 Å². The molecule has 0 atom stereocenters. The van der Waals surface area contributed by atoms with Gasteiger partial charge in [0.25, 0.3) is 5.91 Å². The summed E-state index contributed by atoms with van der Waals surface area (Å²) in [6.07, 6.45) is 0. The second-order valence-electron chi connectivity index (χ2n) is 9.85. The highest BCUT2D eigenvalue weighted by molar-refractivity contribution is 6.36. The summed E-state index contributed by atoms with van der Waals surface area (Å²) in [4.78, 5) is 28.3. The van der Waals surface area contributed by atoms with Crippen molar-refractivity contribution in [1.29, 1.82) is 0 Å². The van der Waals surface area contributed by atoms with Crippen LogP contribution in [0.1, 0.15) is 42.4 Å². The first kappa shape index (κ1) is 27.7. The molecule has 0 saturated carbocycles. The first-order valence-corrected chi connectivity index (χ1v) is 13.1. The Labute approximate surface area is 237 Å². The van der Waals surface area contributed by atoms with Crippen molar-refractivity contribution in [3.05, 3.63) is 111 Å². The minimum Gasteiger partial charge on any atom is -0.325 e. The predicted molar refractivity (Wildman–Crippen MR) is 154 cm³/mol. The maximum Gasteiger partial charge on any atom is 0.256 e. The van der Waals surface area contributed by atoms with Crippen LogP contribution in [0.5, 0.6) is 0 Å². The molecule has 2 amide bonds. The van der Waals surface area contributed by atoms with E-state index in [-0.39, 0.29) is 35.0 Å². The number of anilines is 1. The molecular weight excluding hydrogens is 543 g/mol. The van der Waals surface area contributed by atoms with Crippen LogP contribution in [-0.2, 0) is 16.8 Å². The number of carbonyl (C=O) groups is 2. The molecule has 0 aliphatic rings. The fraction of sp³-hybridized carbons (Fsp3) is 0.207. The predicted octanol–water partition coefficient (Wildman–Crippen LogP) is 7.41. The Kier molecular flexibility index (Phi) is 8.46. The fourth-order valence-corrected chi connectivity index (χ4v) is 4.54. The summed E-state index contributed by atoms with van der Waals surface area (Å²) in [5.74, 6) is -0.335. The van der Waals surface area contributed by atoms with Crippen molar-refractivity contribution in [1.82, 2.24) is 14.7 Å². The normalized spacial score (nSPS) is 11.3. The van der Waals surface area contributed by atoms with Gasteiger partial charge in [-0.2, -0.15) is 5.10 Å². The second kappa shape index (κ2) is 11.6. The zero-order chi connectivity index (χ0) is 27.4. The van der Waals surface area contributed by atoms with E-state index in [4.69, 9.17) is 39.9 Å². The minimum atomic E-state index is -0.395. The van der Waals surface area contributed by atoms with E-state index in [1.165, 1.54) is 11.0 Å². The van der Waals surface area contributed by atoms with Crippen LogP contribution < -0.4 is 5.32 Å². The van der Waals surface area contributed by atoms with E-state index in [2.05, 4.69) is 5.32 Å². The van der Waals surface area contributed by atoms with Crippen molar-refractivity contribution in [2.24, 2.45) is 0 Å². The largest absolute Gasteiger partial charge is 0.325 e. The Morgan fingerprint density at radius 2 is 1.58 bits per heavy atom. The molecule has 0 aliphatic heterocycles. The highest BCUT2D eigenvalue weighted by atomic mass is 35.5. The summed E-state index contributed by atoms with van der Waals surface area (Å²) in [6.45, 7) is 6.10. The lowest BCUT2D eigenvalue weighted by molar-refractivity contribution is -0.117. The Hall–Kier alpha value is -3.32. The van der Waals surface area contributed by atoms with Crippen molar-refractivity contribution in [3.8, 4) is 5.69 Å². The number of hydrogen-bond acceptors (Lipinski definition) is 3. The average Bonchev–Trinajstić information content (AvgIpc) is 3.28. The molecule has 4 aromatic rings. The number of hydrogen-bond donors (Lipinski definition) is 1. The van der Waals surface area contributed by atoms with Crippen LogP contribution in [0, 0.1) is 0 Å². The van der Waals surface area contributed by atoms with Crippen molar-refractivity contribution < 1.29 is 9.59 Å². The molecular formula is C29H27Cl3N4O2. The first-order valence-electron chi connectivity index (χ1n) is 12.0. The summed E-state index contributed by atoms with van der Waals surface area (Å²) in [5, 5.41) is 8.78. The van der Waals surface area contributed by atoms with Crippen LogP contribution in [0.4, 0.5) is 5.82 Å². The van der Waals surface area contributed by atoms with E-state index in [0.717, 1.165) is 11.3 Å². The maximum atomic E-state index is 13.5. The van der Waals surface area contributed by atoms with Crippen molar-refractivity contribution in [3.63, 3.8) is 0 Å². The standard InChI is InChI=1S/C29H27Cl3N4O2/c1-29(2,3)25-16-26(36(34-25)24-12-8-7-11-22(24)31)33-27(37)18-35(17-19-9-5-4-6-10-19)28(38)21-14-13-20(30)15-23(21)32/h4-16H,17-18H2,1-3H3,(H,33,37). The van der Waals surface area contributed by atoms with Crippen LogP contribution in [-0.4, -0.2) is 33.0 Å². The molecule has 9 heteroatoms. The van der Waals surface area contributed by atoms with E-state index in [1.54, 1.807) is 22.9 Å². The zero-order valence-corrected chi connectivity index (χ0v) is 23.5. The van der Waals surface area contributed by atoms with Crippen molar-refractivity contribution in [2.45, 2.75) is 32.7 Å². The van der Waals surface area contributed by atoms with Gasteiger partial charge in [0, 0.05) is 23.0 Å². The molecule has 1 aromatic heterocycles. The number of amides is 2. The quantitative estimate of drug-likeness (QED) is 0.252. The van der Waals surface area contributed by atoms with E-state index >= 15 is 0 Å². The van der Waals surface area contributed by atoms with Crippen molar-refractivity contribution >= 4 is 52.4 Å². The molecule has 0 unspecified atom stereocenters. The average molecular weight is 570 g/mol. The van der Waals surface area contributed by atoms with Crippen LogP contribution in [0.3, 0.4) is 0 Å². The highest BCUT2D eigenvalue weighted by Gasteiger charge is 2.25. The Balaban J connectivity index is 1.65. The number of halogens is 3. The smallest absolute Gasteiger partial charge is 0.256 e. The molecule has 0 spiro atoms. The number of aromatic nitrogens is 2. The third-order valence-electron chi connectivity index (χ3n) is 5.83. The Morgan fingerprint density at radius 3 is 2.24 bits per heavy atom. The third kappa shape index (κ3) is 6.57. The molecule has 0 fully saturated rings. The van der Waals surface area contributed by atoms with Crippen molar-refractivity contribution in [2.75, 3.05) is 11.9 Å². The summed E-state index contributed by atoms with van der Waals surface area (Å²) in [6, 6.07) is 23.2. The number of nitrogens with zero attached hydrogens (tertiary/aromatic N) is 3. The number of nitrogens with one attached hydrogen (secondary N) is 1. The SMILES string of the molecule is CC(C)(C)c1cc(NC(=O)CN(Cc2ccccc2)C(=O)c2ccc(Cl)cc2Cl)n(-c2ccccc2Cl)n1. The van der Waals surface area contributed by atoms with Gasteiger partial charge in [0.05, 0.1) is 27.0 Å². The van der Waals surface area contributed by atoms with Crippen LogP contribution in [0.25, 0.3) is 5.69 Å². The van der Waals surface area contributed by atoms with E-state index < -0.39 is 5.91 Å². The monoisotopic (exact) mass is 568 g/mol. The Bertz CT molecular complexity index is 1460. The molecule has 1 heterocycles. The van der Waals surface area contributed by atoms with Gasteiger partial charge in [-0.15, -0.1) is 0 Å². The zero-order valence-electron chi connectivity index (χ0n) is 21.2. The Morgan fingerprint density at radius 1 is 0.895 bits per heavy atom. The van der Waals surface area contributed by atoms with Gasteiger partial charge in [0.15, 0.2) is 0 Å². The third-order valence-corrected chi connectivity index (χ3v) is 6.69. The summed E-state index contributed by atoms with van der Waals surface area (Å²) < 4.78 is 1.61. The van der Waals surface area contributed by atoms with Gasteiger partial charge in [-0.1, -0.05) is 98.0 Å². The second-order valence-corrected chi connectivity index (χ2v) is 11.1. The summed E-state index contributed by atoms with van der Waals surface area (Å²) in [7, 11) is 0. The molecule has 6 nitrogen and oxygen atoms in total. The van der Waals surface area contributed by atoms with E-state index in [9.17, 15) is 9.59 Å². The van der Waals surface area contributed by atoms with Gasteiger partial charge in [-0.3, -0.25) is 9.59 Å². The van der Waals surface area contributed by atoms with Gasteiger partial charge in [-0.25, -0.2) is 4.68 Å². The molecule has 196 valence electrons. The lowest BCUT2D eigenvalue weighted by Gasteiger charge is -2.23. The van der Waals surface area contributed by atoms with E-state index in [0.29, 0.717) is 21.6 Å². The molecule has 4 rings (SSSR count). The van der Waals surface area contributed by atoms with Gasteiger partial charge in [-0.05, 0) is 35.9 Å². The summed E-state index contributed by atoms with van der Waals surface area (Å²) in [5.41, 5.74) is 2.26. The lowest BCUT2D eigenvalue weighted by atomic mass is 9.92. The molecule has 0 saturated heterocycles. The highest BCUT2D eigenvalue weighted by Crippen LogP contribution is 2.29. The number of rotatable bonds is 7. The van der Waals surface area contributed by atoms with Crippen LogP contribution in [0.15, 0.2) is 78.9 Å². The first-order chi connectivity index (χ1) is 18.0. The number of benzene rings is 3. The van der Waals surface area contributed by atoms with Gasteiger partial charge < -0.3 is 10.2 Å². The van der Waals surface area contributed by atoms with Crippen LogP contribution >= 0.6 is 34.8 Å². The minimum absolute atomic E-state index is 0.211. The topological polar surface area (TPSA) is 67.2 Å². The van der Waals surface area contributed by atoms with Gasteiger partial charge in [0.1, 0.15) is 12.4 Å². The van der Waals surface area contributed by atoms with Crippen LogP contribution in [0.2, 0.25) is 15.1 Å². The molecule has 0 bridgehead atoms. The maximum absolute atomic E-state index is 13.5. The molecule has 3 aromatic carbocycles. The molecule has 0 radical (unpaired) electrons. The number of para-hydroxylation sites is 1. The molecule has 38 heavy (non-hydrogen) atoms. The van der Waals surface area contributed by atoms with Gasteiger partial charge >= 0.3 is 0 Å². The summed E-state index contributed by atoms with van der Waals surface area (Å²) >= 11 is 18.8. The molecule has 0 aliphatic carbocycles. The van der Waals surface area contributed by atoms with E-state index in [1.807, 2.05) is 75.4 Å².